The van der Waals surface area contributed by atoms with Crippen LogP contribution in [-0.2, 0) is 11.0 Å². The van der Waals surface area contributed by atoms with E-state index in [2.05, 4.69) is 61.1 Å². The molecule has 0 fully saturated rings. The van der Waals surface area contributed by atoms with Gasteiger partial charge in [-0.1, -0.05) is 20.8 Å². The standard InChI is InChI=1S/C13H22N2OS2Si/c1-13(2,3)19(5,6)16-9-10-11(17-4)15-7-8-18-12(15)14-10/h7-8H,9H2,1-6H3. The molecule has 0 radical (unpaired) electrons. The number of hydrogen-bond acceptors (Lipinski definition) is 4. The Balaban J connectivity index is 2.20. The van der Waals surface area contributed by atoms with Crippen molar-refractivity contribution in [3.63, 3.8) is 0 Å². The first-order chi connectivity index (χ1) is 8.76. The summed E-state index contributed by atoms with van der Waals surface area (Å²) in [7, 11) is -1.71. The van der Waals surface area contributed by atoms with Crippen LogP contribution in [-0.4, -0.2) is 24.0 Å². The topological polar surface area (TPSA) is 26.5 Å². The molecule has 0 amide bonds. The maximum absolute atomic E-state index is 6.28. The fraction of sp³-hybridized carbons (Fsp3) is 0.615. The van der Waals surface area contributed by atoms with Crippen LogP contribution in [0.25, 0.3) is 4.96 Å². The fourth-order valence-corrected chi connectivity index (χ4v) is 3.99. The van der Waals surface area contributed by atoms with E-state index in [9.17, 15) is 0 Å². The average Bonchev–Trinajstić information content (AvgIpc) is 2.83. The lowest BCUT2D eigenvalue weighted by molar-refractivity contribution is 0.270. The largest absolute Gasteiger partial charge is 0.411 e. The van der Waals surface area contributed by atoms with E-state index in [1.807, 2.05) is 0 Å². The normalized spacial score (nSPS) is 13.4. The molecule has 0 saturated carbocycles. The first kappa shape index (κ1) is 15.1. The van der Waals surface area contributed by atoms with Crippen molar-refractivity contribution < 1.29 is 4.43 Å². The Labute approximate surface area is 124 Å². The first-order valence-corrected chi connectivity index (χ1v) is 11.4. The van der Waals surface area contributed by atoms with Crippen LogP contribution in [0.2, 0.25) is 18.1 Å². The van der Waals surface area contributed by atoms with Crippen LogP contribution in [0.5, 0.6) is 0 Å². The summed E-state index contributed by atoms with van der Waals surface area (Å²) in [5, 5.41) is 3.51. The first-order valence-electron chi connectivity index (χ1n) is 6.38. The zero-order valence-electron chi connectivity index (χ0n) is 12.5. The minimum absolute atomic E-state index is 0.240. The van der Waals surface area contributed by atoms with Crippen molar-refractivity contribution in [1.29, 1.82) is 0 Å². The molecule has 106 valence electrons. The second-order valence-corrected chi connectivity index (χ2v) is 12.6. The summed E-state index contributed by atoms with van der Waals surface area (Å²) >= 11 is 3.41. The van der Waals surface area contributed by atoms with Crippen molar-refractivity contribution in [3.05, 3.63) is 17.3 Å². The molecule has 2 aromatic rings. The van der Waals surface area contributed by atoms with Gasteiger partial charge in [0, 0.05) is 11.6 Å². The average molecular weight is 315 g/mol. The molecule has 0 N–H and O–H groups in total. The van der Waals surface area contributed by atoms with E-state index < -0.39 is 8.32 Å². The minimum atomic E-state index is -1.71. The number of nitrogens with zero attached hydrogens (tertiary/aromatic N) is 2. The van der Waals surface area contributed by atoms with Gasteiger partial charge in [0.05, 0.1) is 12.3 Å². The lowest BCUT2D eigenvalue weighted by atomic mass is 10.2. The van der Waals surface area contributed by atoms with Crippen molar-refractivity contribution in [2.45, 2.75) is 50.5 Å². The molecule has 0 aliphatic rings. The van der Waals surface area contributed by atoms with Gasteiger partial charge in [-0.05, 0) is 24.4 Å². The highest BCUT2D eigenvalue weighted by Crippen LogP contribution is 2.37. The molecule has 0 aliphatic heterocycles. The number of thioether (sulfide) groups is 1. The zero-order valence-corrected chi connectivity index (χ0v) is 15.1. The van der Waals surface area contributed by atoms with Crippen LogP contribution in [0.4, 0.5) is 0 Å². The zero-order chi connectivity index (χ0) is 14.3. The van der Waals surface area contributed by atoms with Gasteiger partial charge in [-0.25, -0.2) is 4.98 Å². The van der Waals surface area contributed by atoms with E-state index in [4.69, 9.17) is 4.43 Å². The van der Waals surface area contributed by atoms with E-state index >= 15 is 0 Å². The van der Waals surface area contributed by atoms with Crippen molar-refractivity contribution in [1.82, 2.24) is 9.38 Å². The molecule has 0 unspecified atom stereocenters. The molecule has 0 atom stereocenters. The van der Waals surface area contributed by atoms with Crippen LogP contribution < -0.4 is 0 Å². The molecule has 19 heavy (non-hydrogen) atoms. The second-order valence-electron chi connectivity index (χ2n) is 6.17. The maximum Gasteiger partial charge on any atom is 0.194 e. The molecule has 3 nitrogen and oxygen atoms in total. The third-order valence-electron chi connectivity index (χ3n) is 3.86. The van der Waals surface area contributed by atoms with Crippen molar-refractivity contribution in [2.75, 3.05) is 6.26 Å². The molecular weight excluding hydrogens is 292 g/mol. The van der Waals surface area contributed by atoms with E-state index in [-0.39, 0.29) is 5.04 Å². The second kappa shape index (κ2) is 5.24. The summed E-state index contributed by atoms with van der Waals surface area (Å²) in [4.78, 5) is 5.74. The Bertz CT molecular complexity index is 569. The number of rotatable bonds is 4. The smallest absolute Gasteiger partial charge is 0.194 e. The van der Waals surface area contributed by atoms with Crippen LogP contribution in [0.15, 0.2) is 16.6 Å². The van der Waals surface area contributed by atoms with Gasteiger partial charge in [-0.15, -0.1) is 23.1 Å². The third kappa shape index (κ3) is 2.91. The Hall–Kier alpha value is -0.303. The van der Waals surface area contributed by atoms with Crippen LogP contribution in [0.3, 0.4) is 0 Å². The highest BCUT2D eigenvalue weighted by Gasteiger charge is 2.37. The molecule has 2 heterocycles. The molecule has 0 aliphatic carbocycles. The Morgan fingerprint density at radius 1 is 1.42 bits per heavy atom. The van der Waals surface area contributed by atoms with Crippen molar-refractivity contribution >= 4 is 36.4 Å². The van der Waals surface area contributed by atoms with Crippen LogP contribution >= 0.6 is 23.1 Å². The van der Waals surface area contributed by atoms with Gasteiger partial charge in [0.1, 0.15) is 5.03 Å². The van der Waals surface area contributed by atoms with E-state index in [1.165, 1.54) is 5.03 Å². The summed E-state index contributed by atoms with van der Waals surface area (Å²) in [5.41, 5.74) is 1.07. The molecule has 0 saturated heterocycles. The minimum Gasteiger partial charge on any atom is -0.411 e. The van der Waals surface area contributed by atoms with Gasteiger partial charge >= 0.3 is 0 Å². The lowest BCUT2D eigenvalue weighted by Gasteiger charge is -2.35. The maximum atomic E-state index is 6.28. The van der Waals surface area contributed by atoms with Crippen LogP contribution in [0.1, 0.15) is 26.5 Å². The molecule has 6 heteroatoms. The van der Waals surface area contributed by atoms with E-state index in [0.29, 0.717) is 6.61 Å². The number of imidazole rings is 1. The molecule has 0 bridgehead atoms. The molecule has 0 spiro atoms. The fourth-order valence-electron chi connectivity index (χ4n) is 1.59. The summed E-state index contributed by atoms with van der Waals surface area (Å²) in [6.45, 7) is 12.0. The summed E-state index contributed by atoms with van der Waals surface area (Å²) < 4.78 is 8.43. The highest BCUT2D eigenvalue weighted by atomic mass is 32.2. The predicted molar refractivity (Wildman–Crippen MR) is 86.8 cm³/mol. The van der Waals surface area contributed by atoms with Crippen LogP contribution in [0, 0.1) is 0 Å². The highest BCUT2D eigenvalue weighted by molar-refractivity contribution is 7.98. The van der Waals surface area contributed by atoms with Crippen molar-refractivity contribution in [3.8, 4) is 0 Å². The van der Waals surface area contributed by atoms with E-state index in [1.54, 1.807) is 23.1 Å². The van der Waals surface area contributed by atoms with E-state index in [0.717, 1.165) is 10.7 Å². The Morgan fingerprint density at radius 3 is 2.68 bits per heavy atom. The number of thiazole rings is 1. The summed E-state index contributed by atoms with van der Waals surface area (Å²) in [6, 6.07) is 0. The van der Waals surface area contributed by atoms with Crippen molar-refractivity contribution in [2.24, 2.45) is 0 Å². The molecule has 2 rings (SSSR count). The lowest BCUT2D eigenvalue weighted by Crippen LogP contribution is -2.40. The van der Waals surface area contributed by atoms with Gasteiger partial charge in [0.25, 0.3) is 0 Å². The number of hydrogen-bond donors (Lipinski definition) is 0. The molecule has 2 aromatic heterocycles. The van der Waals surface area contributed by atoms with Gasteiger partial charge in [-0.3, -0.25) is 4.40 Å². The van der Waals surface area contributed by atoms with Gasteiger partial charge in [0.15, 0.2) is 13.3 Å². The molecule has 0 aromatic carbocycles. The Kier molecular flexibility index (Phi) is 4.16. The third-order valence-corrected chi connectivity index (χ3v) is 9.91. The predicted octanol–water partition coefficient (Wildman–Crippen LogP) is 4.64. The number of fused-ring (bicyclic) bond motifs is 1. The van der Waals surface area contributed by atoms with Gasteiger partial charge < -0.3 is 4.43 Å². The monoisotopic (exact) mass is 314 g/mol. The van der Waals surface area contributed by atoms with Gasteiger partial charge in [0.2, 0.25) is 0 Å². The summed E-state index contributed by atoms with van der Waals surface area (Å²) in [5.74, 6) is 0. The molecular formula is C13H22N2OS2Si. The SMILES string of the molecule is CSc1c(CO[Si](C)(C)C(C)(C)C)nc2sccn12. The van der Waals surface area contributed by atoms with Gasteiger partial charge in [-0.2, -0.15) is 0 Å². The summed E-state index contributed by atoms with van der Waals surface area (Å²) in [6.07, 6.45) is 4.17. The Morgan fingerprint density at radius 2 is 2.11 bits per heavy atom. The number of aromatic nitrogens is 2. The quantitative estimate of drug-likeness (QED) is 0.607.